The van der Waals surface area contributed by atoms with Crippen molar-refractivity contribution in [3.05, 3.63) is 30.3 Å². The molecule has 0 aliphatic carbocycles. The molecule has 0 aliphatic rings. The Morgan fingerprint density at radius 1 is 1.35 bits per heavy atom. The molecule has 8 heteroatoms. The van der Waals surface area contributed by atoms with Crippen LogP contribution in [0.25, 0.3) is 0 Å². The Labute approximate surface area is 114 Å². The number of aliphatic imine (C=N–C) groups is 1. The lowest BCUT2D eigenvalue weighted by Gasteiger charge is -2.17. The van der Waals surface area contributed by atoms with E-state index in [2.05, 4.69) is 10.3 Å². The van der Waals surface area contributed by atoms with Crippen molar-refractivity contribution in [2.45, 2.75) is 6.18 Å². The molecule has 0 bridgehead atoms. The van der Waals surface area contributed by atoms with Crippen LogP contribution in [0, 0.1) is 0 Å². The lowest BCUT2D eigenvalue weighted by molar-refractivity contribution is -0.157. The van der Waals surface area contributed by atoms with Gasteiger partial charge in [-0.25, -0.2) is 4.99 Å². The van der Waals surface area contributed by atoms with Crippen molar-refractivity contribution in [3.8, 4) is 0 Å². The van der Waals surface area contributed by atoms with E-state index in [9.17, 15) is 18.0 Å². The molecule has 110 valence electrons. The Balaban J connectivity index is 2.48. The second-order valence-electron chi connectivity index (χ2n) is 4.06. The fourth-order valence-electron chi connectivity index (χ4n) is 1.34. The van der Waals surface area contributed by atoms with E-state index in [1.807, 2.05) is 6.07 Å². The van der Waals surface area contributed by atoms with E-state index in [0.29, 0.717) is 10.6 Å². The number of alkyl halides is 3. The summed E-state index contributed by atoms with van der Waals surface area (Å²) < 4.78 is 36.3. The fourth-order valence-corrected chi connectivity index (χ4v) is 1.34. The van der Waals surface area contributed by atoms with Crippen LogP contribution in [0.15, 0.2) is 35.3 Å². The molecule has 20 heavy (non-hydrogen) atoms. The Kier molecular flexibility index (Phi) is 5.36. The smallest absolute Gasteiger partial charge is 0.370 e. The van der Waals surface area contributed by atoms with Gasteiger partial charge in [-0.1, -0.05) is 18.2 Å². The molecule has 0 spiro atoms. The zero-order valence-corrected chi connectivity index (χ0v) is 10.8. The van der Waals surface area contributed by atoms with Crippen molar-refractivity contribution in [1.29, 1.82) is 0 Å². The number of likely N-dealkylation sites (N-methyl/N-ethyl adjacent to an activating group) is 1. The number of para-hydroxylation sites is 1. The number of anilines is 1. The molecule has 1 amide bonds. The van der Waals surface area contributed by atoms with Gasteiger partial charge in [0.05, 0.1) is 0 Å². The lowest BCUT2D eigenvalue weighted by Crippen LogP contribution is -2.37. The average molecular weight is 288 g/mol. The van der Waals surface area contributed by atoms with Gasteiger partial charge in [0.1, 0.15) is 13.1 Å². The highest BCUT2D eigenvalue weighted by Gasteiger charge is 2.30. The van der Waals surface area contributed by atoms with Crippen LogP contribution in [-0.2, 0) is 4.79 Å². The third kappa shape index (κ3) is 6.07. The number of carbonyl (C=O) groups excluding carboxylic acids is 1. The molecule has 0 saturated carbocycles. The Hall–Kier alpha value is -2.25. The predicted octanol–water partition coefficient (Wildman–Crippen LogP) is 1.43. The number of nitrogens with one attached hydrogen (secondary N) is 1. The number of rotatable bonds is 4. The van der Waals surface area contributed by atoms with Crippen LogP contribution in [0.2, 0.25) is 0 Å². The topological polar surface area (TPSA) is 70.7 Å². The summed E-state index contributed by atoms with van der Waals surface area (Å²) in [5.74, 6) is -0.801. The highest BCUT2D eigenvalue weighted by molar-refractivity contribution is 5.93. The summed E-state index contributed by atoms with van der Waals surface area (Å²) in [5.41, 5.74) is 6.20. The van der Waals surface area contributed by atoms with Gasteiger partial charge in [-0.2, -0.15) is 13.2 Å². The van der Waals surface area contributed by atoms with E-state index in [0.717, 1.165) is 7.05 Å². The van der Waals surface area contributed by atoms with E-state index >= 15 is 0 Å². The second-order valence-corrected chi connectivity index (χ2v) is 4.06. The van der Waals surface area contributed by atoms with Crippen LogP contribution in [0.5, 0.6) is 0 Å². The van der Waals surface area contributed by atoms with E-state index in [4.69, 9.17) is 5.73 Å². The fraction of sp³-hybridized carbons (Fsp3) is 0.333. The number of nitrogens with zero attached hydrogens (tertiary/aromatic N) is 2. The molecule has 1 aromatic carbocycles. The molecule has 0 unspecified atom stereocenters. The van der Waals surface area contributed by atoms with Gasteiger partial charge in [0.25, 0.3) is 0 Å². The molecule has 0 fully saturated rings. The van der Waals surface area contributed by atoms with Gasteiger partial charge < -0.3 is 16.0 Å². The molecule has 0 atom stereocenters. The SMILES string of the molecule is CN(CC(F)(F)F)C(=O)CN=C(N)Nc1ccccc1. The van der Waals surface area contributed by atoms with Crippen molar-refractivity contribution >= 4 is 17.6 Å². The highest BCUT2D eigenvalue weighted by Crippen LogP contribution is 2.15. The van der Waals surface area contributed by atoms with Crippen molar-refractivity contribution in [3.63, 3.8) is 0 Å². The maximum absolute atomic E-state index is 12.1. The first kappa shape index (κ1) is 15.8. The van der Waals surface area contributed by atoms with Crippen LogP contribution < -0.4 is 11.1 Å². The number of benzene rings is 1. The first-order chi connectivity index (χ1) is 9.28. The summed E-state index contributed by atoms with van der Waals surface area (Å²) >= 11 is 0. The Morgan fingerprint density at radius 3 is 2.50 bits per heavy atom. The van der Waals surface area contributed by atoms with Crippen LogP contribution in [0.1, 0.15) is 0 Å². The van der Waals surface area contributed by atoms with Gasteiger partial charge in [0, 0.05) is 12.7 Å². The lowest BCUT2D eigenvalue weighted by atomic mass is 10.3. The van der Waals surface area contributed by atoms with Gasteiger partial charge in [-0.3, -0.25) is 4.79 Å². The molecule has 0 radical (unpaired) electrons. The molecule has 0 heterocycles. The van der Waals surface area contributed by atoms with Crippen LogP contribution >= 0.6 is 0 Å². The Bertz CT molecular complexity index is 473. The number of nitrogens with two attached hydrogens (primary N) is 1. The largest absolute Gasteiger partial charge is 0.406 e. The van der Waals surface area contributed by atoms with Crippen molar-refractivity contribution in [1.82, 2.24) is 4.90 Å². The summed E-state index contributed by atoms with van der Waals surface area (Å²) in [6.45, 7) is -1.76. The quantitative estimate of drug-likeness (QED) is 0.650. The summed E-state index contributed by atoms with van der Waals surface area (Å²) in [6, 6.07) is 8.84. The van der Waals surface area contributed by atoms with E-state index in [1.165, 1.54) is 0 Å². The minimum absolute atomic E-state index is 0.0371. The van der Waals surface area contributed by atoms with Gasteiger partial charge in [0.15, 0.2) is 5.96 Å². The predicted molar refractivity (Wildman–Crippen MR) is 70.2 cm³/mol. The maximum Gasteiger partial charge on any atom is 0.406 e. The number of carbonyl (C=O) groups is 1. The summed E-state index contributed by atoms with van der Waals surface area (Å²) in [7, 11) is 1.06. The number of hydrogen-bond donors (Lipinski definition) is 2. The van der Waals surface area contributed by atoms with Gasteiger partial charge in [0.2, 0.25) is 5.91 Å². The molecule has 5 nitrogen and oxygen atoms in total. The second kappa shape index (κ2) is 6.78. The summed E-state index contributed by atoms with van der Waals surface area (Å²) in [6.07, 6.45) is -4.43. The van der Waals surface area contributed by atoms with E-state index < -0.39 is 25.2 Å². The van der Waals surface area contributed by atoms with Gasteiger partial charge in [-0.15, -0.1) is 0 Å². The third-order valence-electron chi connectivity index (χ3n) is 2.27. The molecule has 3 N–H and O–H groups in total. The number of amides is 1. The zero-order valence-electron chi connectivity index (χ0n) is 10.8. The van der Waals surface area contributed by atoms with Crippen molar-refractivity contribution in [2.75, 3.05) is 25.5 Å². The normalized spacial score (nSPS) is 12.1. The van der Waals surface area contributed by atoms with Gasteiger partial charge in [-0.05, 0) is 12.1 Å². The first-order valence-electron chi connectivity index (χ1n) is 5.70. The summed E-state index contributed by atoms with van der Waals surface area (Å²) in [5, 5.41) is 2.72. The van der Waals surface area contributed by atoms with Crippen LogP contribution in [0.3, 0.4) is 0 Å². The third-order valence-corrected chi connectivity index (χ3v) is 2.27. The molecule has 1 rings (SSSR count). The van der Waals surface area contributed by atoms with Crippen LogP contribution in [-0.4, -0.2) is 43.1 Å². The van der Waals surface area contributed by atoms with E-state index in [-0.39, 0.29) is 5.96 Å². The maximum atomic E-state index is 12.1. The average Bonchev–Trinajstić information content (AvgIpc) is 2.35. The molecular formula is C12H15F3N4O. The standard InChI is InChI=1S/C12H15F3N4O/c1-19(8-12(13,14)15)10(20)7-17-11(16)18-9-5-3-2-4-6-9/h2-6H,7-8H2,1H3,(H3,16,17,18). The minimum atomic E-state index is -4.43. The monoisotopic (exact) mass is 288 g/mol. The Morgan fingerprint density at radius 2 is 1.95 bits per heavy atom. The van der Waals surface area contributed by atoms with Crippen LogP contribution in [0.4, 0.5) is 18.9 Å². The van der Waals surface area contributed by atoms with E-state index in [1.54, 1.807) is 24.3 Å². The molecular weight excluding hydrogens is 273 g/mol. The minimum Gasteiger partial charge on any atom is -0.370 e. The number of hydrogen-bond acceptors (Lipinski definition) is 2. The molecule has 1 aromatic rings. The summed E-state index contributed by atoms with van der Waals surface area (Å²) in [4.78, 5) is 15.7. The molecule has 0 saturated heterocycles. The zero-order chi connectivity index (χ0) is 15.2. The highest BCUT2D eigenvalue weighted by atomic mass is 19.4. The number of guanidine groups is 1. The van der Waals surface area contributed by atoms with Gasteiger partial charge >= 0.3 is 6.18 Å². The number of halogens is 3. The first-order valence-corrected chi connectivity index (χ1v) is 5.70. The molecule has 0 aromatic heterocycles. The van der Waals surface area contributed by atoms with Crippen molar-refractivity contribution in [2.24, 2.45) is 10.7 Å². The molecule has 0 aliphatic heterocycles. The van der Waals surface area contributed by atoms with Crippen molar-refractivity contribution < 1.29 is 18.0 Å².